The first-order chi connectivity index (χ1) is 15.8. The third-order valence-corrected chi connectivity index (χ3v) is 6.53. The molecule has 174 valence electrons. The van der Waals surface area contributed by atoms with Crippen LogP contribution in [0.1, 0.15) is 46.9 Å². The van der Waals surface area contributed by atoms with Crippen molar-refractivity contribution < 1.29 is 14.4 Å². The van der Waals surface area contributed by atoms with E-state index in [9.17, 15) is 14.4 Å². The van der Waals surface area contributed by atoms with E-state index in [0.717, 1.165) is 38.0 Å². The molecule has 2 saturated heterocycles. The van der Waals surface area contributed by atoms with Crippen LogP contribution in [0.4, 0.5) is 17.2 Å². The molecule has 0 unspecified atom stereocenters. The Morgan fingerprint density at radius 3 is 2.27 bits per heavy atom. The monoisotopic (exact) mass is 450 g/mol. The first-order valence-corrected chi connectivity index (χ1v) is 11.3. The van der Waals surface area contributed by atoms with Crippen LogP contribution in [0.25, 0.3) is 0 Å². The number of carbonyl (C=O) groups is 3. The third kappa shape index (κ3) is 4.92. The Balaban J connectivity index is 1.49. The Morgan fingerprint density at radius 2 is 1.73 bits per heavy atom. The normalized spacial score (nSPS) is 16.2. The lowest BCUT2D eigenvalue weighted by molar-refractivity contribution is -0.129. The molecule has 0 spiro atoms. The fourth-order valence-electron chi connectivity index (χ4n) is 4.31. The number of aromatic nitrogens is 1. The minimum atomic E-state index is -0.536. The maximum atomic E-state index is 12.3. The van der Waals surface area contributed by atoms with E-state index in [4.69, 9.17) is 5.73 Å². The van der Waals surface area contributed by atoms with Crippen molar-refractivity contribution in [2.45, 2.75) is 32.2 Å². The standard InChI is InChI=1S/C24H30N6O3/c1-16(31)29-12-8-19(9-13-29)28(2)21-14-22(26-15-20(21)23(25)32)27-18-6-4-17(5-7-18)24(33)30-10-3-11-30/h4-7,14-15,19H,3,8-13H2,1-2H3,(H2,25,32)(H,26,27). The molecule has 1 aromatic carbocycles. The van der Waals surface area contributed by atoms with Crippen molar-refractivity contribution in [2.75, 3.05) is 43.4 Å². The number of likely N-dealkylation sites (tertiary alicyclic amines) is 2. The zero-order valence-electron chi connectivity index (χ0n) is 19.1. The molecule has 2 fully saturated rings. The van der Waals surface area contributed by atoms with Gasteiger partial charge in [-0.05, 0) is 43.5 Å². The van der Waals surface area contributed by atoms with Gasteiger partial charge in [0, 0.05) is 69.7 Å². The number of amides is 3. The third-order valence-electron chi connectivity index (χ3n) is 6.53. The van der Waals surface area contributed by atoms with Crippen LogP contribution in [-0.2, 0) is 4.79 Å². The van der Waals surface area contributed by atoms with Crippen LogP contribution in [0, 0.1) is 0 Å². The van der Waals surface area contributed by atoms with Crippen molar-refractivity contribution >= 4 is 34.9 Å². The SMILES string of the molecule is CC(=O)N1CCC(N(C)c2cc(Nc3ccc(C(=O)N4CCC4)cc3)ncc2C(N)=O)CC1. The number of pyridine rings is 1. The maximum absolute atomic E-state index is 12.3. The van der Waals surface area contributed by atoms with Gasteiger partial charge in [0.05, 0.1) is 11.3 Å². The number of nitrogens with two attached hydrogens (primary N) is 1. The number of piperidine rings is 1. The van der Waals surface area contributed by atoms with Crippen LogP contribution >= 0.6 is 0 Å². The predicted octanol–water partition coefficient (Wildman–Crippen LogP) is 2.22. The molecule has 0 atom stereocenters. The van der Waals surface area contributed by atoms with Crippen LogP contribution in [0.15, 0.2) is 36.5 Å². The fourth-order valence-corrected chi connectivity index (χ4v) is 4.31. The Kier molecular flexibility index (Phi) is 6.48. The Labute approximate surface area is 193 Å². The summed E-state index contributed by atoms with van der Waals surface area (Å²) in [6.07, 6.45) is 4.17. The van der Waals surface area contributed by atoms with Crippen LogP contribution in [0.5, 0.6) is 0 Å². The number of primary amides is 1. The fraction of sp³-hybridized carbons (Fsp3) is 0.417. The summed E-state index contributed by atoms with van der Waals surface area (Å²) in [6.45, 7) is 4.60. The van der Waals surface area contributed by atoms with E-state index in [2.05, 4.69) is 15.2 Å². The van der Waals surface area contributed by atoms with Crippen molar-refractivity contribution in [2.24, 2.45) is 5.73 Å². The molecule has 0 radical (unpaired) electrons. The minimum Gasteiger partial charge on any atom is -0.371 e. The summed E-state index contributed by atoms with van der Waals surface area (Å²) in [7, 11) is 1.94. The van der Waals surface area contributed by atoms with E-state index in [1.165, 1.54) is 6.20 Å². The molecule has 0 bridgehead atoms. The van der Waals surface area contributed by atoms with Crippen molar-refractivity contribution in [1.29, 1.82) is 0 Å². The van der Waals surface area contributed by atoms with Gasteiger partial charge < -0.3 is 25.8 Å². The topological polar surface area (TPSA) is 112 Å². The molecule has 2 aliphatic heterocycles. The summed E-state index contributed by atoms with van der Waals surface area (Å²) in [5, 5.41) is 3.25. The van der Waals surface area contributed by atoms with E-state index < -0.39 is 5.91 Å². The van der Waals surface area contributed by atoms with Gasteiger partial charge in [-0.3, -0.25) is 14.4 Å². The summed E-state index contributed by atoms with van der Waals surface area (Å²) in [6, 6.07) is 9.29. The Morgan fingerprint density at radius 1 is 1.06 bits per heavy atom. The zero-order chi connectivity index (χ0) is 23.5. The molecular weight excluding hydrogens is 420 g/mol. The average Bonchev–Trinajstić information content (AvgIpc) is 2.77. The lowest BCUT2D eigenvalue weighted by Crippen LogP contribution is -2.45. The van der Waals surface area contributed by atoms with Crippen molar-refractivity contribution in [3.63, 3.8) is 0 Å². The van der Waals surface area contributed by atoms with E-state index in [1.807, 2.05) is 35.0 Å². The summed E-state index contributed by atoms with van der Waals surface area (Å²) < 4.78 is 0. The second-order valence-electron chi connectivity index (χ2n) is 8.65. The molecule has 4 rings (SSSR count). The maximum Gasteiger partial charge on any atom is 0.253 e. The minimum absolute atomic E-state index is 0.0523. The first kappa shape index (κ1) is 22.6. The number of nitrogens with zero attached hydrogens (tertiary/aromatic N) is 4. The molecule has 0 aliphatic carbocycles. The molecule has 1 aromatic heterocycles. The van der Waals surface area contributed by atoms with Gasteiger partial charge in [0.2, 0.25) is 5.91 Å². The van der Waals surface area contributed by atoms with Gasteiger partial charge in [-0.25, -0.2) is 4.98 Å². The lowest BCUT2D eigenvalue weighted by Gasteiger charge is -2.38. The van der Waals surface area contributed by atoms with Crippen LogP contribution in [-0.4, -0.2) is 71.8 Å². The second kappa shape index (κ2) is 9.48. The molecule has 2 aromatic rings. The summed E-state index contributed by atoms with van der Waals surface area (Å²) in [5.74, 6) is 0.175. The number of rotatable bonds is 6. The number of nitrogens with one attached hydrogen (secondary N) is 1. The summed E-state index contributed by atoms with van der Waals surface area (Å²) in [5.41, 5.74) is 8.12. The van der Waals surface area contributed by atoms with Gasteiger partial charge in [0.1, 0.15) is 5.82 Å². The molecule has 2 aliphatic rings. The van der Waals surface area contributed by atoms with Gasteiger partial charge in [0.25, 0.3) is 11.8 Å². The highest BCUT2D eigenvalue weighted by atomic mass is 16.2. The molecule has 9 heteroatoms. The highest BCUT2D eigenvalue weighted by Crippen LogP contribution is 2.28. The predicted molar refractivity (Wildman–Crippen MR) is 127 cm³/mol. The molecule has 3 heterocycles. The largest absolute Gasteiger partial charge is 0.371 e. The van der Waals surface area contributed by atoms with Gasteiger partial charge in [-0.15, -0.1) is 0 Å². The zero-order valence-corrected chi connectivity index (χ0v) is 19.1. The number of benzene rings is 1. The molecule has 3 N–H and O–H groups in total. The van der Waals surface area contributed by atoms with Gasteiger partial charge in [-0.1, -0.05) is 0 Å². The Bertz CT molecular complexity index is 1040. The summed E-state index contributed by atoms with van der Waals surface area (Å²) in [4.78, 5) is 46.1. The van der Waals surface area contributed by atoms with Crippen LogP contribution < -0.4 is 16.0 Å². The molecule has 9 nitrogen and oxygen atoms in total. The molecule has 33 heavy (non-hydrogen) atoms. The van der Waals surface area contributed by atoms with E-state index >= 15 is 0 Å². The number of carbonyl (C=O) groups excluding carboxylic acids is 3. The van der Waals surface area contributed by atoms with Gasteiger partial charge >= 0.3 is 0 Å². The smallest absolute Gasteiger partial charge is 0.253 e. The highest BCUT2D eigenvalue weighted by Gasteiger charge is 2.26. The first-order valence-electron chi connectivity index (χ1n) is 11.3. The number of hydrogen-bond acceptors (Lipinski definition) is 6. The summed E-state index contributed by atoms with van der Waals surface area (Å²) >= 11 is 0. The lowest BCUT2D eigenvalue weighted by atomic mass is 10.0. The van der Waals surface area contributed by atoms with Crippen molar-refractivity contribution in [1.82, 2.24) is 14.8 Å². The van der Waals surface area contributed by atoms with Gasteiger partial charge in [-0.2, -0.15) is 0 Å². The van der Waals surface area contributed by atoms with E-state index in [0.29, 0.717) is 35.7 Å². The van der Waals surface area contributed by atoms with E-state index in [-0.39, 0.29) is 17.9 Å². The average molecular weight is 451 g/mol. The molecule has 3 amide bonds. The van der Waals surface area contributed by atoms with Gasteiger partial charge in [0.15, 0.2) is 0 Å². The molecular formula is C24H30N6O3. The number of hydrogen-bond donors (Lipinski definition) is 2. The van der Waals surface area contributed by atoms with E-state index in [1.54, 1.807) is 19.1 Å². The van der Waals surface area contributed by atoms with Crippen molar-refractivity contribution in [3.8, 4) is 0 Å². The highest BCUT2D eigenvalue weighted by molar-refractivity contribution is 5.99. The second-order valence-corrected chi connectivity index (χ2v) is 8.65. The molecule has 0 saturated carbocycles. The van der Waals surface area contributed by atoms with Crippen molar-refractivity contribution in [3.05, 3.63) is 47.7 Å². The Hall–Kier alpha value is -3.62. The number of anilines is 3. The quantitative estimate of drug-likeness (QED) is 0.698. The van der Waals surface area contributed by atoms with Crippen LogP contribution in [0.3, 0.4) is 0 Å². The van der Waals surface area contributed by atoms with Crippen LogP contribution in [0.2, 0.25) is 0 Å².